The van der Waals surface area contributed by atoms with Crippen LogP contribution in [-0.4, -0.2) is 17.0 Å². The van der Waals surface area contributed by atoms with Crippen molar-refractivity contribution in [2.45, 2.75) is 13.5 Å². The molecule has 6 nitrogen and oxygen atoms in total. The molecule has 102 valence electrons. The molecule has 0 amide bonds. The highest BCUT2D eigenvalue weighted by Gasteiger charge is 2.18. The van der Waals surface area contributed by atoms with Crippen LogP contribution in [-0.2, 0) is 6.54 Å². The molecule has 1 heterocycles. The average molecular weight is 288 g/mol. The predicted octanol–water partition coefficient (Wildman–Crippen LogP) is 2.87. The number of aryl methyl sites for hydroxylation is 1. The number of aromatic nitrogens is 1. The van der Waals surface area contributed by atoms with E-state index in [2.05, 4.69) is 4.98 Å². The molecule has 0 atom stereocenters. The zero-order chi connectivity index (χ0) is 14.7. The number of nitro groups is 1. The molecule has 0 fully saturated rings. The first kappa shape index (κ1) is 14.0. The van der Waals surface area contributed by atoms with Crippen molar-refractivity contribution < 1.29 is 4.92 Å². The van der Waals surface area contributed by atoms with Crippen molar-refractivity contribution in [3.63, 3.8) is 0 Å². The number of benzene rings is 1. The van der Waals surface area contributed by atoms with E-state index in [0.717, 1.165) is 10.7 Å². The Labute approximate surface area is 120 Å². The van der Waals surface area contributed by atoms with Crippen LogP contribution in [0.25, 0.3) is 0 Å². The van der Waals surface area contributed by atoms with Crippen molar-refractivity contribution in [3.8, 4) is 6.07 Å². The van der Waals surface area contributed by atoms with Crippen LogP contribution in [0.15, 0.2) is 23.6 Å². The number of rotatable bonds is 4. The summed E-state index contributed by atoms with van der Waals surface area (Å²) in [4.78, 5) is 16.7. The predicted molar refractivity (Wildman–Crippen MR) is 76.8 cm³/mol. The van der Waals surface area contributed by atoms with E-state index in [1.54, 1.807) is 11.9 Å². The third-order valence-corrected chi connectivity index (χ3v) is 3.60. The van der Waals surface area contributed by atoms with Crippen molar-refractivity contribution in [1.82, 2.24) is 4.98 Å². The van der Waals surface area contributed by atoms with E-state index in [0.29, 0.717) is 17.8 Å². The molecule has 0 bridgehead atoms. The Bertz CT molecular complexity index is 690. The lowest BCUT2D eigenvalue weighted by atomic mass is 10.1. The van der Waals surface area contributed by atoms with Gasteiger partial charge in [0.1, 0.15) is 5.69 Å². The minimum atomic E-state index is -0.445. The third-order valence-electron chi connectivity index (χ3n) is 2.78. The maximum Gasteiger partial charge on any atom is 0.292 e. The fourth-order valence-electron chi connectivity index (χ4n) is 1.86. The molecule has 20 heavy (non-hydrogen) atoms. The van der Waals surface area contributed by atoms with Crippen LogP contribution < -0.4 is 4.90 Å². The van der Waals surface area contributed by atoms with E-state index in [9.17, 15) is 10.1 Å². The van der Waals surface area contributed by atoms with E-state index < -0.39 is 4.92 Å². The van der Waals surface area contributed by atoms with Gasteiger partial charge in [0, 0.05) is 18.5 Å². The molecule has 1 aromatic carbocycles. The van der Waals surface area contributed by atoms with Gasteiger partial charge in [-0.05, 0) is 19.1 Å². The Morgan fingerprint density at radius 1 is 1.55 bits per heavy atom. The molecule has 0 saturated carbocycles. The highest BCUT2D eigenvalue weighted by atomic mass is 32.1. The van der Waals surface area contributed by atoms with E-state index >= 15 is 0 Å². The minimum absolute atomic E-state index is 0.0153. The Morgan fingerprint density at radius 3 is 2.85 bits per heavy atom. The number of anilines is 1. The first-order chi connectivity index (χ1) is 9.51. The minimum Gasteiger partial charge on any atom is -0.363 e. The SMILES string of the molecule is Cc1nc(CN(C)c2cc(C#N)ccc2[N+](=O)[O-])cs1. The van der Waals surface area contributed by atoms with E-state index in [1.807, 2.05) is 18.4 Å². The summed E-state index contributed by atoms with van der Waals surface area (Å²) in [5, 5.41) is 22.9. The molecule has 2 rings (SSSR count). The lowest BCUT2D eigenvalue weighted by molar-refractivity contribution is -0.384. The fourth-order valence-corrected chi connectivity index (χ4v) is 2.47. The summed E-state index contributed by atoms with van der Waals surface area (Å²) >= 11 is 1.54. The van der Waals surface area contributed by atoms with Crippen LogP contribution >= 0.6 is 11.3 Å². The fraction of sp³-hybridized carbons (Fsp3) is 0.231. The molecule has 0 radical (unpaired) electrons. The quantitative estimate of drug-likeness (QED) is 0.638. The molecule has 0 aliphatic rings. The number of nitro benzene ring substituents is 1. The zero-order valence-corrected chi connectivity index (χ0v) is 11.8. The number of hydrogen-bond acceptors (Lipinski definition) is 6. The van der Waals surface area contributed by atoms with Gasteiger partial charge in [0.05, 0.1) is 33.8 Å². The van der Waals surface area contributed by atoms with Gasteiger partial charge in [0.25, 0.3) is 5.69 Å². The second-order valence-electron chi connectivity index (χ2n) is 4.29. The van der Waals surface area contributed by atoms with Crippen molar-refractivity contribution >= 4 is 22.7 Å². The maximum atomic E-state index is 11.1. The Hall–Kier alpha value is -2.46. The first-order valence-corrected chi connectivity index (χ1v) is 6.70. The lowest BCUT2D eigenvalue weighted by Crippen LogP contribution is -2.18. The summed E-state index contributed by atoms with van der Waals surface area (Å²) in [6.45, 7) is 2.37. The Morgan fingerprint density at radius 2 is 2.30 bits per heavy atom. The lowest BCUT2D eigenvalue weighted by Gasteiger charge is -2.18. The topological polar surface area (TPSA) is 83.1 Å². The van der Waals surface area contributed by atoms with Crippen LogP contribution in [0.5, 0.6) is 0 Å². The normalized spacial score (nSPS) is 10.1. The summed E-state index contributed by atoms with van der Waals surface area (Å²) in [5.41, 5.74) is 1.65. The largest absolute Gasteiger partial charge is 0.363 e. The molecule has 0 N–H and O–H groups in total. The summed E-state index contributed by atoms with van der Waals surface area (Å²) < 4.78 is 0. The van der Waals surface area contributed by atoms with Gasteiger partial charge in [-0.2, -0.15) is 5.26 Å². The summed E-state index contributed by atoms with van der Waals surface area (Å²) in [6.07, 6.45) is 0. The molecule has 7 heteroatoms. The van der Waals surface area contributed by atoms with Crippen molar-refractivity contribution in [3.05, 3.63) is 50.0 Å². The molecule has 0 spiro atoms. The first-order valence-electron chi connectivity index (χ1n) is 5.82. The molecule has 2 aromatic rings. The Balaban J connectivity index is 2.34. The number of nitrogens with zero attached hydrogens (tertiary/aromatic N) is 4. The van der Waals surface area contributed by atoms with Crippen LogP contribution in [0.3, 0.4) is 0 Å². The van der Waals surface area contributed by atoms with Gasteiger partial charge in [-0.1, -0.05) is 0 Å². The third kappa shape index (κ3) is 2.92. The zero-order valence-electron chi connectivity index (χ0n) is 11.0. The summed E-state index contributed by atoms with van der Waals surface area (Å²) in [6, 6.07) is 6.32. The second kappa shape index (κ2) is 5.67. The smallest absolute Gasteiger partial charge is 0.292 e. The van der Waals surface area contributed by atoms with Crippen LogP contribution in [0.2, 0.25) is 0 Å². The highest BCUT2D eigenvalue weighted by Crippen LogP contribution is 2.29. The number of thiazole rings is 1. The van der Waals surface area contributed by atoms with Gasteiger partial charge in [0.2, 0.25) is 0 Å². The molecule has 1 aromatic heterocycles. The average Bonchev–Trinajstić information content (AvgIpc) is 2.83. The van der Waals surface area contributed by atoms with Gasteiger partial charge in [-0.15, -0.1) is 11.3 Å². The molecule has 0 unspecified atom stereocenters. The van der Waals surface area contributed by atoms with E-state index in [4.69, 9.17) is 5.26 Å². The summed E-state index contributed by atoms with van der Waals surface area (Å²) in [5.74, 6) is 0. The van der Waals surface area contributed by atoms with Crippen molar-refractivity contribution in [2.75, 3.05) is 11.9 Å². The van der Waals surface area contributed by atoms with Crippen molar-refractivity contribution in [2.24, 2.45) is 0 Å². The summed E-state index contributed by atoms with van der Waals surface area (Å²) in [7, 11) is 1.75. The number of nitriles is 1. The van der Waals surface area contributed by atoms with E-state index in [-0.39, 0.29) is 5.69 Å². The monoisotopic (exact) mass is 288 g/mol. The molecule has 0 aliphatic carbocycles. The van der Waals surface area contributed by atoms with Gasteiger partial charge in [-0.3, -0.25) is 10.1 Å². The molecular weight excluding hydrogens is 276 g/mol. The molecular formula is C13H12N4O2S. The van der Waals surface area contributed by atoms with Crippen LogP contribution in [0.4, 0.5) is 11.4 Å². The molecule has 0 aliphatic heterocycles. The van der Waals surface area contributed by atoms with Gasteiger partial charge < -0.3 is 4.90 Å². The van der Waals surface area contributed by atoms with Gasteiger partial charge >= 0.3 is 0 Å². The second-order valence-corrected chi connectivity index (χ2v) is 5.35. The van der Waals surface area contributed by atoms with Crippen LogP contribution in [0.1, 0.15) is 16.3 Å². The standard InChI is InChI=1S/C13H12N4O2S/c1-9-15-11(8-20-9)7-16(2)13-5-10(6-14)3-4-12(13)17(18)19/h3-5,8H,7H2,1-2H3. The van der Waals surface area contributed by atoms with Gasteiger partial charge in [-0.25, -0.2) is 4.98 Å². The Kier molecular flexibility index (Phi) is 3.96. The van der Waals surface area contributed by atoms with Crippen molar-refractivity contribution in [1.29, 1.82) is 5.26 Å². The highest BCUT2D eigenvalue weighted by molar-refractivity contribution is 7.09. The van der Waals surface area contributed by atoms with Crippen LogP contribution in [0, 0.1) is 28.4 Å². The number of hydrogen-bond donors (Lipinski definition) is 0. The van der Waals surface area contributed by atoms with E-state index in [1.165, 1.54) is 29.5 Å². The van der Waals surface area contributed by atoms with Gasteiger partial charge in [0.15, 0.2) is 0 Å². The maximum absolute atomic E-state index is 11.1. The molecule has 0 saturated heterocycles.